The second-order valence-corrected chi connectivity index (χ2v) is 20.2. The minimum atomic E-state index is -5.06. The van der Waals surface area contributed by atoms with Crippen molar-refractivity contribution in [3.8, 4) is 0 Å². The van der Waals surface area contributed by atoms with Crippen LogP contribution in [-0.4, -0.2) is 97.5 Å². The highest BCUT2D eigenvalue weighted by Gasteiger charge is 2.48. The van der Waals surface area contributed by atoms with E-state index < -0.39 is 59.8 Å². The minimum Gasteiger partial charge on any atom is -0.457 e. The fraction of sp³-hybridized carbons (Fsp3) is 0.907. The van der Waals surface area contributed by atoms with Crippen molar-refractivity contribution in [2.24, 2.45) is 0 Å². The van der Waals surface area contributed by atoms with Gasteiger partial charge in [0.25, 0.3) is 0 Å². The summed E-state index contributed by atoms with van der Waals surface area (Å²) in [5.74, 6) is -0.395. The highest BCUT2D eigenvalue weighted by Crippen LogP contribution is 2.26. The largest absolute Gasteiger partial charge is 0.457 e. The maximum Gasteiger partial charge on any atom is 0.397 e. The van der Waals surface area contributed by atoms with Crippen LogP contribution in [0.4, 0.5) is 0 Å². The summed E-state index contributed by atoms with van der Waals surface area (Å²) >= 11 is 0. The van der Waals surface area contributed by atoms with Crippen LogP contribution in [0.3, 0.4) is 0 Å². The lowest BCUT2D eigenvalue weighted by molar-refractivity contribution is -0.301. The molecule has 0 aliphatic carbocycles. The third-order valence-electron chi connectivity index (χ3n) is 12.8. The lowest BCUT2D eigenvalue weighted by atomic mass is 9.99. The average molecular weight is 975 g/mol. The van der Waals surface area contributed by atoms with E-state index in [-0.39, 0.29) is 19.6 Å². The normalized spacial score (nSPS) is 19.5. The summed E-state index contributed by atoms with van der Waals surface area (Å²) in [6.07, 6.45) is 45.0. The van der Waals surface area contributed by atoms with Gasteiger partial charge in [-0.25, -0.2) is 4.18 Å². The van der Waals surface area contributed by atoms with E-state index in [2.05, 4.69) is 42.3 Å². The van der Waals surface area contributed by atoms with Gasteiger partial charge in [0.15, 0.2) is 6.29 Å². The van der Waals surface area contributed by atoms with Crippen LogP contribution in [0, 0.1) is 0 Å². The summed E-state index contributed by atoms with van der Waals surface area (Å²) in [7, 11) is -5.06. The molecule has 0 aromatic rings. The van der Waals surface area contributed by atoms with Gasteiger partial charge < -0.3 is 34.3 Å². The van der Waals surface area contributed by atoms with E-state index in [0.717, 1.165) is 44.9 Å². The first-order valence-electron chi connectivity index (χ1n) is 27.6. The molecule has 1 aliphatic rings. The first-order chi connectivity index (χ1) is 32.6. The number of hydrogen-bond acceptors (Lipinski definition) is 11. The average Bonchev–Trinajstić information content (AvgIpc) is 3.30. The zero-order chi connectivity index (χ0) is 48.9. The standard InChI is InChI=1S/C54H102O12S/c1-3-5-7-9-11-13-15-17-19-20-21-22-23-24-25-26-27-28-29-30-32-34-36-38-40-42-44-62-46-48(47-63-54-52(58)53(66-67(59,60)61)51(57)49(45-55)65-54)64-50(56)43-41-39-37-35-33-31-18-16-14-12-10-8-6-4-2/h15,17,20-21,48-49,51-55,57-58H,3-14,16,18-19,22-47H2,1-2H3,(H,59,60,61)/b17-15-,21-20-. The molecule has 1 fully saturated rings. The van der Waals surface area contributed by atoms with E-state index in [1.54, 1.807) is 0 Å². The smallest absolute Gasteiger partial charge is 0.397 e. The van der Waals surface area contributed by atoms with Crippen LogP contribution in [0.25, 0.3) is 0 Å². The number of ether oxygens (including phenoxy) is 4. The van der Waals surface area contributed by atoms with Gasteiger partial charge >= 0.3 is 16.4 Å². The molecule has 1 saturated heterocycles. The van der Waals surface area contributed by atoms with Crippen LogP contribution in [0.2, 0.25) is 0 Å². The fourth-order valence-corrected chi connectivity index (χ4v) is 9.16. The number of rotatable bonds is 49. The lowest BCUT2D eigenvalue weighted by Crippen LogP contribution is -2.60. The molecule has 1 aliphatic heterocycles. The van der Waals surface area contributed by atoms with Crippen LogP contribution >= 0.6 is 0 Å². The molecular formula is C54H102O12S. The molecule has 12 nitrogen and oxygen atoms in total. The zero-order valence-electron chi connectivity index (χ0n) is 42.7. The molecule has 396 valence electrons. The van der Waals surface area contributed by atoms with E-state index in [1.165, 1.54) is 180 Å². The van der Waals surface area contributed by atoms with E-state index in [4.69, 9.17) is 18.9 Å². The van der Waals surface area contributed by atoms with Gasteiger partial charge in [-0.15, -0.1) is 0 Å². The molecule has 6 unspecified atom stereocenters. The maximum atomic E-state index is 12.9. The Morgan fingerprint density at radius 3 is 1.42 bits per heavy atom. The van der Waals surface area contributed by atoms with Gasteiger partial charge in [-0.05, 0) is 44.9 Å². The second kappa shape index (κ2) is 45.7. The van der Waals surface area contributed by atoms with Crippen LogP contribution in [0.15, 0.2) is 24.3 Å². The number of carbonyl (C=O) groups is 1. The molecule has 1 heterocycles. The molecule has 0 radical (unpaired) electrons. The summed E-state index contributed by atoms with van der Waals surface area (Å²) < 4.78 is 59.3. The van der Waals surface area contributed by atoms with Crippen molar-refractivity contribution in [1.82, 2.24) is 0 Å². The molecule has 67 heavy (non-hydrogen) atoms. The summed E-state index contributed by atoms with van der Waals surface area (Å²) in [6, 6.07) is 0. The molecule has 4 N–H and O–H groups in total. The number of hydrogen-bond donors (Lipinski definition) is 4. The maximum absolute atomic E-state index is 12.9. The minimum absolute atomic E-state index is 0.0408. The van der Waals surface area contributed by atoms with Crippen molar-refractivity contribution in [1.29, 1.82) is 0 Å². The number of esters is 1. The lowest BCUT2D eigenvalue weighted by Gasteiger charge is -2.41. The van der Waals surface area contributed by atoms with Crippen molar-refractivity contribution in [3.63, 3.8) is 0 Å². The van der Waals surface area contributed by atoms with Gasteiger partial charge in [0, 0.05) is 13.0 Å². The molecule has 1 rings (SSSR count). The summed E-state index contributed by atoms with van der Waals surface area (Å²) in [6.45, 7) is 4.02. The van der Waals surface area contributed by atoms with Gasteiger partial charge in [-0.1, -0.05) is 224 Å². The quantitative estimate of drug-likeness (QED) is 0.0197. The van der Waals surface area contributed by atoms with E-state index in [1.807, 2.05) is 0 Å². The van der Waals surface area contributed by atoms with Gasteiger partial charge in [0.2, 0.25) is 0 Å². The van der Waals surface area contributed by atoms with E-state index >= 15 is 0 Å². The molecule has 0 aromatic heterocycles. The predicted octanol–water partition coefficient (Wildman–Crippen LogP) is 13.1. The third kappa shape index (κ3) is 39.0. The Kier molecular flexibility index (Phi) is 43.4. The summed E-state index contributed by atoms with van der Waals surface area (Å²) in [4.78, 5) is 12.9. The highest BCUT2D eigenvalue weighted by atomic mass is 32.3. The SMILES string of the molecule is CCCCCCC/C=C\C/C=C\CCCCCCCCCCCCCCCCOCC(COC1OC(CO)C(O)C(OS(=O)(=O)O)C1O)OC(=O)CCCCCCCCCCCCCCCC. The molecule has 0 amide bonds. The number of allylic oxidation sites excluding steroid dienone is 4. The molecule has 0 aromatic carbocycles. The Bertz CT molecular complexity index is 1260. The number of carbonyl (C=O) groups excluding carboxylic acids is 1. The Morgan fingerprint density at radius 2 is 0.985 bits per heavy atom. The van der Waals surface area contributed by atoms with Crippen molar-refractivity contribution in [2.75, 3.05) is 26.4 Å². The summed E-state index contributed by atoms with van der Waals surface area (Å²) in [5.41, 5.74) is 0. The molecule has 13 heteroatoms. The van der Waals surface area contributed by atoms with Crippen molar-refractivity contribution in [2.45, 2.75) is 288 Å². The topological polar surface area (TPSA) is 178 Å². The predicted molar refractivity (Wildman–Crippen MR) is 271 cm³/mol. The van der Waals surface area contributed by atoms with Crippen LogP contribution in [0.5, 0.6) is 0 Å². The van der Waals surface area contributed by atoms with E-state index in [9.17, 15) is 33.1 Å². The summed E-state index contributed by atoms with van der Waals surface area (Å²) in [5, 5.41) is 30.8. The third-order valence-corrected chi connectivity index (χ3v) is 13.3. The van der Waals surface area contributed by atoms with Crippen molar-refractivity contribution in [3.05, 3.63) is 24.3 Å². The molecule has 6 atom stereocenters. The van der Waals surface area contributed by atoms with Crippen LogP contribution < -0.4 is 0 Å². The first-order valence-corrected chi connectivity index (χ1v) is 29.0. The fourth-order valence-electron chi connectivity index (χ4n) is 8.65. The van der Waals surface area contributed by atoms with Gasteiger partial charge in [0.1, 0.15) is 30.5 Å². The molecule has 0 bridgehead atoms. The molecule has 0 saturated carbocycles. The van der Waals surface area contributed by atoms with E-state index in [0.29, 0.717) is 13.0 Å². The van der Waals surface area contributed by atoms with Gasteiger partial charge in [-0.2, -0.15) is 8.42 Å². The Morgan fingerprint density at radius 1 is 0.567 bits per heavy atom. The van der Waals surface area contributed by atoms with Gasteiger partial charge in [-0.3, -0.25) is 9.35 Å². The molecule has 0 spiro atoms. The Hall–Kier alpha value is -1.42. The Balaban J connectivity index is 2.27. The second-order valence-electron chi connectivity index (χ2n) is 19.2. The highest BCUT2D eigenvalue weighted by molar-refractivity contribution is 7.80. The van der Waals surface area contributed by atoms with Crippen molar-refractivity contribution < 1.29 is 56.2 Å². The van der Waals surface area contributed by atoms with Crippen LogP contribution in [-0.2, 0) is 38.3 Å². The number of aliphatic hydroxyl groups excluding tert-OH is 3. The first kappa shape index (κ1) is 63.6. The molecular weight excluding hydrogens is 873 g/mol. The van der Waals surface area contributed by atoms with Crippen LogP contribution in [0.1, 0.15) is 251 Å². The number of unbranched alkanes of at least 4 members (excludes halogenated alkanes) is 32. The Labute approximate surface area is 410 Å². The monoisotopic (exact) mass is 975 g/mol. The van der Waals surface area contributed by atoms with Gasteiger partial charge in [0.05, 0.1) is 19.8 Å². The zero-order valence-corrected chi connectivity index (χ0v) is 43.5. The number of aliphatic hydroxyl groups is 3. The van der Waals surface area contributed by atoms with Crippen molar-refractivity contribution >= 4 is 16.4 Å².